The van der Waals surface area contributed by atoms with E-state index in [0.29, 0.717) is 6.42 Å². The van der Waals surface area contributed by atoms with E-state index in [9.17, 15) is 4.79 Å². The molecule has 0 aliphatic rings. The standard InChI is InChI=1S/C19H19N3OS2/c1-11-9-13(12(2)24-11)18-15(10-17(23)21(3)4)22-14-7-5-6-8-16(14)25-19(22)20-18/h5-9H,10H2,1-4H3. The molecule has 0 spiro atoms. The van der Waals surface area contributed by atoms with Crippen LogP contribution in [0.3, 0.4) is 0 Å². The highest BCUT2D eigenvalue weighted by molar-refractivity contribution is 7.23. The largest absolute Gasteiger partial charge is 0.348 e. The van der Waals surface area contributed by atoms with E-state index in [4.69, 9.17) is 4.98 Å². The van der Waals surface area contributed by atoms with E-state index in [1.54, 1.807) is 41.7 Å². The van der Waals surface area contributed by atoms with Crippen LogP contribution in [0.15, 0.2) is 30.3 Å². The third-order valence-corrected chi connectivity index (χ3v) is 6.35. The van der Waals surface area contributed by atoms with Gasteiger partial charge < -0.3 is 4.90 Å². The summed E-state index contributed by atoms with van der Waals surface area (Å²) in [5.41, 5.74) is 4.18. The number of aryl methyl sites for hydroxylation is 2. The highest BCUT2D eigenvalue weighted by Gasteiger charge is 2.22. The van der Waals surface area contributed by atoms with E-state index in [1.165, 1.54) is 14.5 Å². The fraction of sp³-hybridized carbons (Fsp3) is 0.263. The number of nitrogens with zero attached hydrogens (tertiary/aromatic N) is 3. The smallest absolute Gasteiger partial charge is 0.228 e. The zero-order valence-corrected chi connectivity index (χ0v) is 16.3. The molecule has 6 heteroatoms. The SMILES string of the molecule is Cc1cc(-c2nc3sc4ccccc4n3c2CC(=O)N(C)C)c(C)s1. The molecule has 1 aromatic carbocycles. The summed E-state index contributed by atoms with van der Waals surface area (Å²) in [7, 11) is 3.60. The molecule has 0 N–H and O–H groups in total. The number of aromatic nitrogens is 2. The van der Waals surface area contributed by atoms with Crippen LogP contribution in [0.2, 0.25) is 0 Å². The van der Waals surface area contributed by atoms with Gasteiger partial charge in [-0.25, -0.2) is 4.98 Å². The van der Waals surface area contributed by atoms with Crippen molar-refractivity contribution in [1.82, 2.24) is 14.3 Å². The average molecular weight is 370 g/mol. The van der Waals surface area contributed by atoms with Crippen LogP contribution in [0.4, 0.5) is 0 Å². The summed E-state index contributed by atoms with van der Waals surface area (Å²) in [5, 5.41) is 0. The second kappa shape index (κ2) is 5.97. The highest BCUT2D eigenvalue weighted by Crippen LogP contribution is 2.37. The minimum Gasteiger partial charge on any atom is -0.348 e. The van der Waals surface area contributed by atoms with Gasteiger partial charge in [0.15, 0.2) is 4.96 Å². The summed E-state index contributed by atoms with van der Waals surface area (Å²) < 4.78 is 3.34. The van der Waals surface area contributed by atoms with Crippen LogP contribution in [-0.2, 0) is 11.2 Å². The van der Waals surface area contributed by atoms with Gasteiger partial charge in [0.2, 0.25) is 5.91 Å². The minimum atomic E-state index is 0.0861. The lowest BCUT2D eigenvalue weighted by atomic mass is 10.1. The van der Waals surface area contributed by atoms with E-state index < -0.39 is 0 Å². The number of thiophene rings is 1. The maximum absolute atomic E-state index is 12.5. The Hall–Kier alpha value is -2.18. The Bertz CT molecular complexity index is 1100. The number of thiazole rings is 1. The first-order valence-electron chi connectivity index (χ1n) is 8.12. The van der Waals surface area contributed by atoms with Crippen molar-refractivity contribution in [2.75, 3.05) is 14.1 Å². The Kier molecular flexibility index (Phi) is 3.89. The van der Waals surface area contributed by atoms with Crippen LogP contribution in [0.5, 0.6) is 0 Å². The molecule has 4 aromatic rings. The number of hydrogen-bond donors (Lipinski definition) is 0. The van der Waals surface area contributed by atoms with E-state index in [0.717, 1.165) is 27.4 Å². The number of benzene rings is 1. The van der Waals surface area contributed by atoms with Crippen molar-refractivity contribution in [2.24, 2.45) is 0 Å². The van der Waals surface area contributed by atoms with Crippen LogP contribution in [0.1, 0.15) is 15.4 Å². The molecule has 0 unspecified atom stereocenters. The first-order valence-corrected chi connectivity index (χ1v) is 9.75. The van der Waals surface area contributed by atoms with Crippen molar-refractivity contribution < 1.29 is 4.79 Å². The third kappa shape index (κ3) is 2.65. The molecule has 0 bridgehead atoms. The minimum absolute atomic E-state index is 0.0861. The number of likely N-dealkylation sites (N-methyl/N-ethyl adjacent to an activating group) is 1. The van der Waals surface area contributed by atoms with Crippen LogP contribution in [-0.4, -0.2) is 34.3 Å². The van der Waals surface area contributed by atoms with E-state index in [-0.39, 0.29) is 5.91 Å². The summed E-state index contributed by atoms with van der Waals surface area (Å²) >= 11 is 3.44. The molecule has 4 rings (SSSR count). The van der Waals surface area contributed by atoms with Gasteiger partial charge in [-0.3, -0.25) is 9.20 Å². The normalized spacial score (nSPS) is 11.5. The summed E-state index contributed by atoms with van der Waals surface area (Å²) in [6.07, 6.45) is 0.346. The average Bonchev–Trinajstić information content (AvgIpc) is 3.19. The maximum atomic E-state index is 12.5. The third-order valence-electron chi connectivity index (χ3n) is 4.36. The van der Waals surface area contributed by atoms with Gasteiger partial charge in [-0.2, -0.15) is 0 Å². The van der Waals surface area contributed by atoms with Gasteiger partial charge in [0.05, 0.1) is 28.0 Å². The number of fused-ring (bicyclic) bond motifs is 3. The molecule has 0 radical (unpaired) electrons. The lowest BCUT2D eigenvalue weighted by molar-refractivity contribution is -0.128. The van der Waals surface area contributed by atoms with Gasteiger partial charge in [-0.1, -0.05) is 23.5 Å². The molecule has 128 valence electrons. The second-order valence-corrected chi connectivity index (χ2v) is 8.86. The van der Waals surface area contributed by atoms with Crippen LogP contribution in [0, 0.1) is 13.8 Å². The molecule has 0 atom stereocenters. The van der Waals surface area contributed by atoms with Crippen molar-refractivity contribution in [1.29, 1.82) is 0 Å². The topological polar surface area (TPSA) is 37.6 Å². The predicted molar refractivity (Wildman–Crippen MR) is 106 cm³/mol. The molecule has 4 nitrogen and oxygen atoms in total. The van der Waals surface area contributed by atoms with Crippen molar-refractivity contribution >= 4 is 43.8 Å². The van der Waals surface area contributed by atoms with Gasteiger partial charge in [-0.05, 0) is 32.0 Å². The van der Waals surface area contributed by atoms with Crippen LogP contribution >= 0.6 is 22.7 Å². The Labute approximate surface area is 154 Å². The zero-order valence-electron chi connectivity index (χ0n) is 14.7. The van der Waals surface area contributed by atoms with Crippen LogP contribution in [0.25, 0.3) is 26.4 Å². The Morgan fingerprint density at radius 1 is 1.20 bits per heavy atom. The second-order valence-electron chi connectivity index (χ2n) is 6.39. The molecular formula is C19H19N3OS2. The number of hydrogen-bond acceptors (Lipinski definition) is 4. The van der Waals surface area contributed by atoms with Gasteiger partial charge in [0.1, 0.15) is 0 Å². The predicted octanol–water partition coefficient (Wildman–Crippen LogP) is 4.53. The lowest BCUT2D eigenvalue weighted by Gasteiger charge is -2.11. The summed E-state index contributed by atoms with van der Waals surface area (Å²) in [6, 6.07) is 10.5. The summed E-state index contributed by atoms with van der Waals surface area (Å²) in [4.78, 5) is 22.5. The molecule has 0 fully saturated rings. The zero-order chi connectivity index (χ0) is 17.7. The fourth-order valence-electron chi connectivity index (χ4n) is 3.12. The fourth-order valence-corrected chi connectivity index (χ4v) is 5.09. The van der Waals surface area contributed by atoms with E-state index in [2.05, 4.69) is 36.4 Å². The van der Waals surface area contributed by atoms with Crippen LogP contribution < -0.4 is 0 Å². The molecule has 0 aliphatic heterocycles. The number of imidazole rings is 1. The number of carbonyl (C=O) groups is 1. The summed E-state index contributed by atoms with van der Waals surface area (Å²) in [5.74, 6) is 0.0861. The summed E-state index contributed by atoms with van der Waals surface area (Å²) in [6.45, 7) is 4.23. The van der Waals surface area contributed by atoms with Crippen molar-refractivity contribution in [3.63, 3.8) is 0 Å². The molecule has 25 heavy (non-hydrogen) atoms. The lowest BCUT2D eigenvalue weighted by Crippen LogP contribution is -2.24. The van der Waals surface area contributed by atoms with Crippen molar-refractivity contribution in [2.45, 2.75) is 20.3 Å². The molecule has 0 aliphatic carbocycles. The Morgan fingerprint density at radius 2 is 1.96 bits per heavy atom. The van der Waals surface area contributed by atoms with E-state index >= 15 is 0 Å². The first kappa shape index (κ1) is 16.3. The molecule has 3 heterocycles. The van der Waals surface area contributed by atoms with Gasteiger partial charge in [0, 0.05) is 29.4 Å². The molecule has 1 amide bonds. The van der Waals surface area contributed by atoms with Gasteiger partial charge >= 0.3 is 0 Å². The van der Waals surface area contributed by atoms with Crippen molar-refractivity contribution in [3.8, 4) is 11.3 Å². The molecule has 0 saturated heterocycles. The monoisotopic (exact) mass is 369 g/mol. The first-order chi connectivity index (χ1) is 12.0. The number of rotatable bonds is 3. The molecule has 0 saturated carbocycles. The quantitative estimate of drug-likeness (QED) is 0.532. The number of amides is 1. The molecule has 3 aromatic heterocycles. The molecular weight excluding hydrogens is 350 g/mol. The maximum Gasteiger partial charge on any atom is 0.228 e. The van der Waals surface area contributed by atoms with Gasteiger partial charge in [-0.15, -0.1) is 11.3 Å². The van der Waals surface area contributed by atoms with Crippen molar-refractivity contribution in [3.05, 3.63) is 45.8 Å². The number of para-hydroxylation sites is 1. The highest BCUT2D eigenvalue weighted by atomic mass is 32.1. The Balaban J connectivity index is 2.01. The Morgan fingerprint density at radius 3 is 2.64 bits per heavy atom. The number of carbonyl (C=O) groups excluding carboxylic acids is 1. The van der Waals surface area contributed by atoms with E-state index in [1.807, 2.05) is 12.1 Å². The van der Waals surface area contributed by atoms with Gasteiger partial charge in [0.25, 0.3) is 0 Å².